The molecule has 7 nitrogen and oxygen atoms in total. The van der Waals surface area contributed by atoms with Gasteiger partial charge in [-0.2, -0.15) is 5.26 Å². The average Bonchev–Trinajstić information content (AvgIpc) is 3.01. The molecule has 108 valence electrons. The lowest BCUT2D eigenvalue weighted by Crippen LogP contribution is -2.11. The first-order valence-electron chi connectivity index (χ1n) is 5.66. The second kappa shape index (κ2) is 5.85. The number of nitrogens with zero attached hydrogens (tertiary/aromatic N) is 1. The number of amides is 1. The first-order chi connectivity index (χ1) is 9.97. The summed E-state index contributed by atoms with van der Waals surface area (Å²) in [5, 5.41) is 11.5. The van der Waals surface area contributed by atoms with Crippen molar-refractivity contribution in [3.63, 3.8) is 0 Å². The van der Waals surface area contributed by atoms with Crippen molar-refractivity contribution < 1.29 is 23.2 Å². The highest BCUT2D eigenvalue weighted by molar-refractivity contribution is 9.10. The summed E-state index contributed by atoms with van der Waals surface area (Å²) in [6, 6.07) is 4.81. The number of hydrogen-bond acceptors (Lipinski definition) is 6. The Morgan fingerprint density at radius 2 is 2.10 bits per heavy atom. The minimum Gasteiger partial charge on any atom is -0.465 e. The van der Waals surface area contributed by atoms with Crippen LogP contribution in [0.1, 0.15) is 32.2 Å². The van der Waals surface area contributed by atoms with Gasteiger partial charge in [0.15, 0.2) is 10.4 Å². The number of nitriles is 1. The summed E-state index contributed by atoms with van der Waals surface area (Å²) in [4.78, 5) is 23.6. The van der Waals surface area contributed by atoms with Crippen LogP contribution in [0.5, 0.6) is 0 Å². The Labute approximate surface area is 127 Å². The third-order valence-corrected chi connectivity index (χ3v) is 3.04. The van der Waals surface area contributed by atoms with Crippen LogP contribution in [-0.2, 0) is 4.74 Å². The molecule has 0 spiro atoms. The lowest BCUT2D eigenvalue weighted by Gasteiger charge is -1.99. The minimum atomic E-state index is -0.714. The van der Waals surface area contributed by atoms with Crippen molar-refractivity contribution in [3.8, 4) is 6.07 Å². The molecule has 0 aliphatic carbocycles. The number of methoxy groups -OCH3 is 1. The number of furan rings is 2. The van der Waals surface area contributed by atoms with E-state index in [1.165, 1.54) is 20.1 Å². The average molecular weight is 353 g/mol. The van der Waals surface area contributed by atoms with Gasteiger partial charge in [-0.3, -0.25) is 10.1 Å². The van der Waals surface area contributed by atoms with Crippen molar-refractivity contribution in [2.75, 3.05) is 12.4 Å². The van der Waals surface area contributed by atoms with E-state index in [1.54, 1.807) is 6.07 Å². The number of hydrogen-bond donors (Lipinski definition) is 1. The molecule has 1 amide bonds. The summed E-state index contributed by atoms with van der Waals surface area (Å²) in [5.74, 6) is -1.25. The first-order valence-corrected chi connectivity index (χ1v) is 6.45. The highest BCUT2D eigenvalue weighted by atomic mass is 79.9. The number of anilines is 1. The van der Waals surface area contributed by atoms with Gasteiger partial charge in [-0.05, 0) is 35.0 Å². The van der Waals surface area contributed by atoms with E-state index in [0.717, 1.165) is 0 Å². The molecule has 0 bridgehead atoms. The van der Waals surface area contributed by atoms with Gasteiger partial charge in [0.25, 0.3) is 5.91 Å². The lowest BCUT2D eigenvalue weighted by atomic mass is 10.1. The molecule has 2 aromatic rings. The standard InChI is InChI=1S/C13H9BrN2O5/c1-6-10(13(18)19-2)7(5-15)12(20-6)16-11(17)8-3-4-9(14)21-8/h3-4H,1-2H3,(H,16,17). The predicted molar refractivity (Wildman–Crippen MR) is 73.9 cm³/mol. The molecule has 2 heterocycles. The number of nitrogens with one attached hydrogen (secondary N) is 1. The maximum atomic E-state index is 11.9. The number of ether oxygens (including phenoxy) is 1. The molecular formula is C13H9BrN2O5. The largest absolute Gasteiger partial charge is 0.465 e. The topological polar surface area (TPSA) is 105 Å². The summed E-state index contributed by atoms with van der Waals surface area (Å²) in [6.45, 7) is 1.49. The Morgan fingerprint density at radius 3 is 2.62 bits per heavy atom. The quantitative estimate of drug-likeness (QED) is 0.851. The fourth-order valence-electron chi connectivity index (χ4n) is 1.69. The lowest BCUT2D eigenvalue weighted by molar-refractivity contribution is 0.0598. The Hall–Kier alpha value is -2.53. The van der Waals surface area contributed by atoms with E-state index in [9.17, 15) is 9.59 Å². The van der Waals surface area contributed by atoms with Gasteiger partial charge in [0.1, 0.15) is 23.0 Å². The van der Waals surface area contributed by atoms with E-state index in [0.29, 0.717) is 4.67 Å². The summed E-state index contributed by atoms with van der Waals surface area (Å²) in [6.07, 6.45) is 0. The molecule has 2 aromatic heterocycles. The fraction of sp³-hybridized carbons (Fsp3) is 0.154. The molecule has 0 aliphatic heterocycles. The van der Waals surface area contributed by atoms with E-state index >= 15 is 0 Å². The number of aryl methyl sites for hydroxylation is 1. The van der Waals surface area contributed by atoms with Gasteiger partial charge in [0.2, 0.25) is 5.88 Å². The fourth-order valence-corrected chi connectivity index (χ4v) is 1.99. The minimum absolute atomic E-state index is 0.0177. The van der Waals surface area contributed by atoms with Gasteiger partial charge in [-0.15, -0.1) is 0 Å². The smallest absolute Gasteiger partial charge is 0.342 e. The molecule has 2 rings (SSSR count). The van der Waals surface area contributed by atoms with Crippen LogP contribution in [0, 0.1) is 18.3 Å². The molecule has 0 unspecified atom stereocenters. The number of rotatable bonds is 3. The van der Waals surface area contributed by atoms with Gasteiger partial charge >= 0.3 is 5.97 Å². The molecule has 1 N–H and O–H groups in total. The molecule has 0 atom stereocenters. The third kappa shape index (κ3) is 2.83. The van der Waals surface area contributed by atoms with Crippen molar-refractivity contribution in [1.82, 2.24) is 0 Å². The first kappa shape index (κ1) is 14.9. The van der Waals surface area contributed by atoms with Crippen LogP contribution in [0.2, 0.25) is 0 Å². The van der Waals surface area contributed by atoms with Crippen molar-refractivity contribution >= 4 is 33.7 Å². The van der Waals surface area contributed by atoms with Gasteiger partial charge in [0.05, 0.1) is 7.11 Å². The van der Waals surface area contributed by atoms with Crippen molar-refractivity contribution in [2.24, 2.45) is 0 Å². The highest BCUT2D eigenvalue weighted by Crippen LogP contribution is 2.27. The highest BCUT2D eigenvalue weighted by Gasteiger charge is 2.26. The zero-order valence-electron chi connectivity index (χ0n) is 11.0. The number of carbonyl (C=O) groups is 2. The zero-order valence-corrected chi connectivity index (χ0v) is 12.6. The van der Waals surface area contributed by atoms with Crippen LogP contribution in [0.4, 0.5) is 5.88 Å². The SMILES string of the molecule is COC(=O)c1c(C)oc(NC(=O)c2ccc(Br)o2)c1C#N. The van der Waals surface area contributed by atoms with Gasteiger partial charge < -0.3 is 13.6 Å². The van der Waals surface area contributed by atoms with Crippen LogP contribution in [0.3, 0.4) is 0 Å². The van der Waals surface area contributed by atoms with Crippen molar-refractivity contribution in [3.05, 3.63) is 39.4 Å². The second-order valence-electron chi connectivity index (χ2n) is 3.90. The summed E-state index contributed by atoms with van der Waals surface area (Å²) >= 11 is 3.07. The van der Waals surface area contributed by atoms with Crippen LogP contribution in [-0.4, -0.2) is 19.0 Å². The summed E-state index contributed by atoms with van der Waals surface area (Å²) in [5.41, 5.74) is -0.116. The molecule has 0 saturated carbocycles. The van der Waals surface area contributed by atoms with E-state index < -0.39 is 11.9 Å². The normalized spacial score (nSPS) is 10.0. The van der Waals surface area contributed by atoms with Crippen molar-refractivity contribution in [1.29, 1.82) is 5.26 Å². The summed E-state index contributed by atoms with van der Waals surface area (Å²) < 4.78 is 15.3. The number of esters is 1. The monoisotopic (exact) mass is 352 g/mol. The summed E-state index contributed by atoms with van der Waals surface area (Å²) in [7, 11) is 1.19. The van der Waals surface area contributed by atoms with Crippen LogP contribution >= 0.6 is 15.9 Å². The molecule has 21 heavy (non-hydrogen) atoms. The Morgan fingerprint density at radius 1 is 1.38 bits per heavy atom. The van der Waals surface area contributed by atoms with E-state index in [1.807, 2.05) is 6.07 Å². The van der Waals surface area contributed by atoms with Gasteiger partial charge in [0, 0.05) is 0 Å². The molecule has 8 heteroatoms. The van der Waals surface area contributed by atoms with E-state index in [2.05, 4.69) is 26.0 Å². The van der Waals surface area contributed by atoms with Gasteiger partial charge in [-0.25, -0.2) is 4.79 Å². The Bertz CT molecular complexity index is 753. The van der Waals surface area contributed by atoms with Crippen LogP contribution in [0.15, 0.2) is 25.6 Å². The molecule has 0 radical (unpaired) electrons. The zero-order chi connectivity index (χ0) is 15.6. The molecule has 0 aromatic carbocycles. The second-order valence-corrected chi connectivity index (χ2v) is 4.68. The van der Waals surface area contributed by atoms with Crippen molar-refractivity contribution in [2.45, 2.75) is 6.92 Å². The van der Waals surface area contributed by atoms with Crippen LogP contribution in [0.25, 0.3) is 0 Å². The Balaban J connectivity index is 2.35. The molecular weight excluding hydrogens is 344 g/mol. The Kier molecular flexibility index (Phi) is 4.14. The van der Waals surface area contributed by atoms with E-state index in [4.69, 9.17) is 14.1 Å². The third-order valence-electron chi connectivity index (χ3n) is 2.61. The van der Waals surface area contributed by atoms with Gasteiger partial charge in [-0.1, -0.05) is 0 Å². The molecule has 0 aliphatic rings. The number of halogens is 1. The maximum absolute atomic E-state index is 11.9. The van der Waals surface area contributed by atoms with E-state index in [-0.39, 0.29) is 28.5 Å². The molecule has 0 saturated heterocycles. The predicted octanol–water partition coefficient (Wildman–Crippen LogP) is 2.85. The maximum Gasteiger partial charge on any atom is 0.342 e. The molecule has 0 fully saturated rings. The van der Waals surface area contributed by atoms with Crippen LogP contribution < -0.4 is 5.32 Å². The number of carbonyl (C=O) groups excluding carboxylic acids is 2.